The van der Waals surface area contributed by atoms with Gasteiger partial charge in [-0.1, -0.05) is 20.8 Å². The van der Waals surface area contributed by atoms with E-state index < -0.39 is 12.1 Å². The Balaban J connectivity index is 3.88. The molecule has 1 heteroatoms. The molecule has 0 aromatic heterocycles. The Morgan fingerprint density at radius 1 is 1.25 bits per heavy atom. The highest BCUT2D eigenvalue weighted by molar-refractivity contribution is 4.62. The second-order valence-corrected chi connectivity index (χ2v) is 2.54. The average Bonchev–Trinajstić information content (AvgIpc) is 1.62. The highest BCUT2D eigenvalue weighted by atomic mass is 19.1. The molecule has 0 heterocycles. The molecule has 0 N–H and O–H groups in total. The van der Waals surface area contributed by atoms with E-state index in [4.69, 9.17) is 1.37 Å². The third-order valence-corrected chi connectivity index (χ3v) is 1.60. The van der Waals surface area contributed by atoms with E-state index in [1.165, 1.54) is 6.92 Å². The third kappa shape index (κ3) is 2.29. The summed E-state index contributed by atoms with van der Waals surface area (Å²) in [6, 6.07) is 0. The van der Waals surface area contributed by atoms with Gasteiger partial charge in [-0.2, -0.15) is 0 Å². The SMILES string of the molecule is [2H]C(C)(C)C(C)C(C)F. The second kappa shape index (κ2) is 3.06. The van der Waals surface area contributed by atoms with Gasteiger partial charge in [0.05, 0.1) is 0 Å². The summed E-state index contributed by atoms with van der Waals surface area (Å²) in [7, 11) is 0. The Kier molecular flexibility index (Phi) is 2.31. The van der Waals surface area contributed by atoms with Crippen LogP contribution in [0.2, 0.25) is 0 Å². The van der Waals surface area contributed by atoms with Gasteiger partial charge in [0.25, 0.3) is 0 Å². The first-order chi connectivity index (χ1) is 3.85. The highest BCUT2D eigenvalue weighted by Crippen LogP contribution is 2.15. The molecular weight excluding hydrogens is 103 g/mol. The van der Waals surface area contributed by atoms with Gasteiger partial charge in [0, 0.05) is 1.37 Å². The topological polar surface area (TPSA) is 0 Å². The van der Waals surface area contributed by atoms with Crippen LogP contribution >= 0.6 is 0 Å². The van der Waals surface area contributed by atoms with Crippen LogP contribution in [0.4, 0.5) is 4.39 Å². The van der Waals surface area contributed by atoms with Crippen molar-refractivity contribution in [1.29, 1.82) is 0 Å². The van der Waals surface area contributed by atoms with Crippen molar-refractivity contribution in [3.63, 3.8) is 0 Å². The number of hydrogen-bond donors (Lipinski definition) is 0. The van der Waals surface area contributed by atoms with Crippen LogP contribution in [-0.4, -0.2) is 6.17 Å². The predicted molar refractivity (Wildman–Crippen MR) is 34.6 cm³/mol. The highest BCUT2D eigenvalue weighted by Gasteiger charge is 2.13. The number of hydrogen-bond acceptors (Lipinski definition) is 0. The lowest BCUT2D eigenvalue weighted by Gasteiger charge is -2.15. The maximum absolute atomic E-state index is 12.5. The Labute approximate surface area is 52.5 Å². The molecule has 0 bridgehead atoms. The van der Waals surface area contributed by atoms with Crippen molar-refractivity contribution in [2.24, 2.45) is 11.8 Å². The van der Waals surface area contributed by atoms with Crippen LogP contribution in [0.1, 0.15) is 29.1 Å². The van der Waals surface area contributed by atoms with E-state index in [1.54, 1.807) is 20.8 Å². The van der Waals surface area contributed by atoms with Gasteiger partial charge in [-0.05, 0) is 18.7 Å². The molecule has 8 heavy (non-hydrogen) atoms. The van der Waals surface area contributed by atoms with Gasteiger partial charge in [-0.25, -0.2) is 4.39 Å². The van der Waals surface area contributed by atoms with Crippen molar-refractivity contribution in [3.05, 3.63) is 0 Å². The van der Waals surface area contributed by atoms with Crippen molar-refractivity contribution in [1.82, 2.24) is 0 Å². The number of alkyl halides is 1. The summed E-state index contributed by atoms with van der Waals surface area (Å²) < 4.78 is 19.9. The number of halogens is 1. The van der Waals surface area contributed by atoms with E-state index in [2.05, 4.69) is 0 Å². The van der Waals surface area contributed by atoms with Crippen LogP contribution in [0, 0.1) is 11.8 Å². The fourth-order valence-electron chi connectivity index (χ4n) is 0.459. The van der Waals surface area contributed by atoms with Crippen molar-refractivity contribution >= 4 is 0 Å². The maximum Gasteiger partial charge on any atom is 0.100 e. The molecule has 0 aromatic carbocycles. The Morgan fingerprint density at radius 2 is 1.62 bits per heavy atom. The molecule has 0 aliphatic heterocycles. The smallest absolute Gasteiger partial charge is 0.100 e. The fourth-order valence-corrected chi connectivity index (χ4v) is 0.459. The van der Waals surface area contributed by atoms with E-state index in [0.717, 1.165) is 0 Å². The summed E-state index contributed by atoms with van der Waals surface area (Å²) >= 11 is 0. The maximum atomic E-state index is 12.5. The zero-order chi connectivity index (χ0) is 7.65. The van der Waals surface area contributed by atoms with Gasteiger partial charge in [0.1, 0.15) is 6.17 Å². The van der Waals surface area contributed by atoms with Crippen LogP contribution in [0.5, 0.6) is 0 Å². The normalized spacial score (nSPS) is 21.9. The van der Waals surface area contributed by atoms with Crippen LogP contribution in [0.15, 0.2) is 0 Å². The van der Waals surface area contributed by atoms with Crippen molar-refractivity contribution < 1.29 is 5.76 Å². The predicted octanol–water partition coefficient (Wildman–Crippen LogP) is 2.64. The summed E-state index contributed by atoms with van der Waals surface area (Å²) in [6.07, 6.45) is -0.877. The molecule has 0 saturated carbocycles. The lowest BCUT2D eigenvalue weighted by Crippen LogP contribution is -2.14. The van der Waals surface area contributed by atoms with Crippen LogP contribution in [0.3, 0.4) is 0 Å². The molecule has 0 aliphatic carbocycles. The minimum Gasteiger partial charge on any atom is -0.247 e. The molecule has 0 amide bonds. The van der Waals surface area contributed by atoms with Gasteiger partial charge in [-0.15, -0.1) is 0 Å². The molecule has 2 unspecified atom stereocenters. The van der Waals surface area contributed by atoms with Gasteiger partial charge in [0.15, 0.2) is 0 Å². The van der Waals surface area contributed by atoms with Gasteiger partial charge >= 0.3 is 0 Å². The van der Waals surface area contributed by atoms with Crippen molar-refractivity contribution in [2.45, 2.75) is 33.9 Å². The van der Waals surface area contributed by atoms with E-state index in [1.807, 2.05) is 0 Å². The molecule has 50 valence electrons. The summed E-state index contributed by atoms with van der Waals surface area (Å²) in [5, 5.41) is 0. The molecule has 0 rings (SSSR count). The van der Waals surface area contributed by atoms with Crippen LogP contribution < -0.4 is 0 Å². The second-order valence-electron chi connectivity index (χ2n) is 2.54. The summed E-state index contributed by atoms with van der Waals surface area (Å²) in [5.41, 5.74) is 0. The molecule has 0 fully saturated rings. The Morgan fingerprint density at radius 3 is 1.62 bits per heavy atom. The Bertz CT molecular complexity index is 83.4. The zero-order valence-corrected chi connectivity index (χ0v) is 6.03. The lowest BCUT2D eigenvalue weighted by atomic mass is 9.94. The largest absolute Gasteiger partial charge is 0.247 e. The molecule has 0 radical (unpaired) electrons. The lowest BCUT2D eigenvalue weighted by molar-refractivity contribution is 0.215. The van der Waals surface area contributed by atoms with Crippen LogP contribution in [0.25, 0.3) is 0 Å². The molecule has 2 atom stereocenters. The molecule has 0 spiro atoms. The van der Waals surface area contributed by atoms with Crippen molar-refractivity contribution in [2.75, 3.05) is 0 Å². The van der Waals surface area contributed by atoms with Gasteiger partial charge in [-0.3, -0.25) is 0 Å². The molecule has 0 aromatic rings. The summed E-state index contributed by atoms with van der Waals surface area (Å²) in [5.74, 6) is -0.828. The zero-order valence-electron chi connectivity index (χ0n) is 7.03. The van der Waals surface area contributed by atoms with Gasteiger partial charge in [0.2, 0.25) is 0 Å². The molecule has 0 nitrogen and oxygen atoms in total. The first-order valence-corrected chi connectivity index (χ1v) is 2.99. The first-order valence-electron chi connectivity index (χ1n) is 3.49. The standard InChI is InChI=1S/C7H15F/c1-5(2)6(3)7(4)8/h5-7H,1-4H3/i5D. The van der Waals surface area contributed by atoms with E-state index in [-0.39, 0.29) is 5.92 Å². The van der Waals surface area contributed by atoms with Crippen molar-refractivity contribution in [3.8, 4) is 0 Å². The molecule has 0 saturated heterocycles. The average molecular weight is 119 g/mol. The summed E-state index contributed by atoms with van der Waals surface area (Å²) in [6.45, 7) is 6.72. The van der Waals surface area contributed by atoms with E-state index in [9.17, 15) is 4.39 Å². The minimum absolute atomic E-state index is 0.183. The quantitative estimate of drug-likeness (QED) is 0.524. The van der Waals surface area contributed by atoms with E-state index in [0.29, 0.717) is 0 Å². The summed E-state index contributed by atoms with van der Waals surface area (Å²) in [4.78, 5) is 0. The fraction of sp³-hybridized carbons (Fsp3) is 1.00. The molecular formula is C7H15F. The number of rotatable bonds is 2. The first kappa shape index (κ1) is 6.06. The van der Waals surface area contributed by atoms with Gasteiger partial charge < -0.3 is 0 Å². The Hall–Kier alpha value is -0.0700. The monoisotopic (exact) mass is 119 g/mol. The van der Waals surface area contributed by atoms with Crippen LogP contribution in [-0.2, 0) is 0 Å². The minimum atomic E-state index is -0.877. The van der Waals surface area contributed by atoms with E-state index >= 15 is 0 Å². The molecule has 0 aliphatic rings. The third-order valence-electron chi connectivity index (χ3n) is 1.60.